The number of rotatable bonds is 4. The highest BCUT2D eigenvalue weighted by molar-refractivity contribution is 6.09. The van der Waals surface area contributed by atoms with Crippen molar-refractivity contribution >= 4 is 21.8 Å². The molecule has 1 heterocycles. The molecule has 0 bridgehead atoms. The van der Waals surface area contributed by atoms with Crippen LogP contribution in [0.2, 0.25) is 0 Å². The van der Waals surface area contributed by atoms with E-state index < -0.39 is 0 Å². The number of aryl methyl sites for hydroxylation is 1. The summed E-state index contributed by atoms with van der Waals surface area (Å²) in [6, 6.07) is 52.6. The van der Waals surface area contributed by atoms with Crippen molar-refractivity contribution in [3.8, 4) is 39.1 Å². The van der Waals surface area contributed by atoms with Gasteiger partial charge in [0.15, 0.2) is 0 Å². The van der Waals surface area contributed by atoms with Gasteiger partial charge >= 0.3 is 0 Å². The van der Waals surface area contributed by atoms with Gasteiger partial charge in [0.2, 0.25) is 0 Å². The number of hydrogen-bond donors (Lipinski definition) is 0. The van der Waals surface area contributed by atoms with E-state index in [4.69, 9.17) is 0 Å². The molecule has 1 heteroatoms. The van der Waals surface area contributed by atoms with Crippen molar-refractivity contribution in [2.45, 2.75) is 6.92 Å². The topological polar surface area (TPSA) is 4.93 Å². The van der Waals surface area contributed by atoms with Crippen molar-refractivity contribution in [3.05, 3.63) is 151 Å². The van der Waals surface area contributed by atoms with Gasteiger partial charge in [-0.05, 0) is 76.7 Å². The maximum Gasteiger partial charge on any atom is 0.0541 e. The van der Waals surface area contributed by atoms with Crippen LogP contribution in [0.15, 0.2) is 146 Å². The zero-order chi connectivity index (χ0) is 25.5. The van der Waals surface area contributed by atoms with Gasteiger partial charge in [0.05, 0.1) is 11.0 Å². The quantitative estimate of drug-likeness (QED) is 0.234. The van der Waals surface area contributed by atoms with Crippen molar-refractivity contribution < 1.29 is 0 Å². The molecule has 38 heavy (non-hydrogen) atoms. The molecule has 6 aromatic carbocycles. The van der Waals surface area contributed by atoms with E-state index >= 15 is 0 Å². The van der Waals surface area contributed by atoms with Gasteiger partial charge in [0, 0.05) is 16.5 Å². The van der Waals surface area contributed by atoms with Crippen LogP contribution in [0, 0.1) is 6.92 Å². The van der Waals surface area contributed by atoms with Crippen molar-refractivity contribution in [2.24, 2.45) is 0 Å². The molecule has 7 rings (SSSR count). The number of fused-ring (bicyclic) bond motifs is 3. The van der Waals surface area contributed by atoms with Gasteiger partial charge in [-0.25, -0.2) is 0 Å². The predicted octanol–water partition coefficient (Wildman–Crippen LogP) is 10.1. The van der Waals surface area contributed by atoms with Crippen LogP contribution < -0.4 is 0 Å². The second-order valence-corrected chi connectivity index (χ2v) is 9.95. The van der Waals surface area contributed by atoms with Crippen LogP contribution in [-0.4, -0.2) is 4.57 Å². The molecule has 0 fully saturated rings. The second kappa shape index (κ2) is 9.21. The van der Waals surface area contributed by atoms with Crippen LogP contribution >= 0.6 is 0 Å². The normalized spacial score (nSPS) is 11.3. The highest BCUT2D eigenvalue weighted by Crippen LogP contribution is 2.34. The summed E-state index contributed by atoms with van der Waals surface area (Å²) in [4.78, 5) is 0. The van der Waals surface area contributed by atoms with Gasteiger partial charge in [-0.2, -0.15) is 0 Å². The van der Waals surface area contributed by atoms with Crippen molar-refractivity contribution in [1.29, 1.82) is 0 Å². The molecule has 0 saturated carbocycles. The number of hydrogen-bond acceptors (Lipinski definition) is 0. The molecule has 1 aromatic heterocycles. The zero-order valence-corrected chi connectivity index (χ0v) is 21.3. The Labute approximate surface area is 223 Å². The average Bonchev–Trinajstić information content (AvgIpc) is 3.32. The lowest BCUT2D eigenvalue weighted by Gasteiger charge is -2.11. The summed E-state index contributed by atoms with van der Waals surface area (Å²) in [5.41, 5.74) is 12.3. The largest absolute Gasteiger partial charge is 0.309 e. The van der Waals surface area contributed by atoms with Crippen molar-refractivity contribution in [3.63, 3.8) is 0 Å². The standard InChI is InChI=1S/C37H27N/c1-26-9-6-10-28(23-26)30-12-8-14-32(25-30)31-13-7-11-29(24-31)27-19-21-33(22-20-27)38-36-17-4-2-15-34(36)35-16-3-5-18-37(35)38/h2-25H,1H3. The van der Waals surface area contributed by atoms with Crippen molar-refractivity contribution in [1.82, 2.24) is 4.57 Å². The van der Waals surface area contributed by atoms with E-state index in [1.165, 1.54) is 66.4 Å². The van der Waals surface area contributed by atoms with E-state index in [9.17, 15) is 0 Å². The molecule has 0 aliphatic rings. The maximum atomic E-state index is 2.36. The summed E-state index contributed by atoms with van der Waals surface area (Å²) >= 11 is 0. The first-order valence-corrected chi connectivity index (χ1v) is 13.1. The van der Waals surface area contributed by atoms with Crippen LogP contribution in [0.3, 0.4) is 0 Å². The summed E-state index contributed by atoms with van der Waals surface area (Å²) in [7, 11) is 0. The molecule has 0 aliphatic heterocycles. The van der Waals surface area contributed by atoms with Crippen LogP contribution in [0.4, 0.5) is 0 Å². The first-order chi connectivity index (χ1) is 18.7. The minimum absolute atomic E-state index is 1.17. The van der Waals surface area contributed by atoms with E-state index in [1.807, 2.05) is 0 Å². The first kappa shape index (κ1) is 22.3. The molecule has 0 atom stereocenters. The molecule has 0 aliphatic carbocycles. The van der Waals surface area contributed by atoms with E-state index in [-0.39, 0.29) is 0 Å². The Kier molecular flexibility index (Phi) is 5.41. The molecular weight excluding hydrogens is 458 g/mol. The van der Waals surface area contributed by atoms with Crippen LogP contribution in [-0.2, 0) is 0 Å². The highest BCUT2D eigenvalue weighted by atomic mass is 15.0. The maximum absolute atomic E-state index is 2.36. The Morgan fingerprint density at radius 2 is 0.816 bits per heavy atom. The zero-order valence-electron chi connectivity index (χ0n) is 21.3. The summed E-state index contributed by atoms with van der Waals surface area (Å²) in [5.74, 6) is 0. The Balaban J connectivity index is 1.25. The summed E-state index contributed by atoms with van der Waals surface area (Å²) in [6.07, 6.45) is 0. The van der Waals surface area contributed by atoms with Gasteiger partial charge in [-0.3, -0.25) is 0 Å². The van der Waals surface area contributed by atoms with Gasteiger partial charge in [-0.1, -0.05) is 115 Å². The average molecular weight is 486 g/mol. The monoisotopic (exact) mass is 485 g/mol. The molecule has 0 spiro atoms. The fraction of sp³-hybridized carbons (Fsp3) is 0.0270. The van der Waals surface area contributed by atoms with Gasteiger partial charge in [0.1, 0.15) is 0 Å². The minimum Gasteiger partial charge on any atom is -0.309 e. The smallest absolute Gasteiger partial charge is 0.0541 e. The molecule has 0 radical (unpaired) electrons. The Bertz CT molecular complexity index is 1870. The molecule has 0 saturated heterocycles. The molecule has 0 N–H and O–H groups in total. The van der Waals surface area contributed by atoms with Gasteiger partial charge in [0.25, 0.3) is 0 Å². The summed E-state index contributed by atoms with van der Waals surface area (Å²) in [5, 5.41) is 2.57. The SMILES string of the molecule is Cc1cccc(-c2cccc(-c3cccc(-c4ccc(-n5c6ccccc6c6ccccc65)cc4)c3)c2)c1. The van der Waals surface area contributed by atoms with E-state index in [2.05, 4.69) is 157 Å². The van der Waals surface area contributed by atoms with Crippen molar-refractivity contribution in [2.75, 3.05) is 0 Å². The summed E-state index contributed by atoms with van der Waals surface area (Å²) in [6.45, 7) is 2.14. The summed E-state index contributed by atoms with van der Waals surface area (Å²) < 4.78 is 2.36. The first-order valence-electron chi connectivity index (χ1n) is 13.1. The molecule has 180 valence electrons. The lowest BCUT2D eigenvalue weighted by Crippen LogP contribution is -1.93. The third-order valence-corrected chi connectivity index (χ3v) is 7.45. The minimum atomic E-state index is 1.17. The van der Waals surface area contributed by atoms with E-state index in [0.717, 1.165) is 0 Å². The van der Waals surface area contributed by atoms with Crippen LogP contribution in [0.1, 0.15) is 5.56 Å². The molecule has 0 amide bonds. The predicted molar refractivity (Wildman–Crippen MR) is 162 cm³/mol. The number of aromatic nitrogens is 1. The molecule has 7 aromatic rings. The number of benzene rings is 6. The fourth-order valence-corrected chi connectivity index (χ4v) is 5.58. The molecule has 0 unspecified atom stereocenters. The lowest BCUT2D eigenvalue weighted by atomic mass is 9.96. The number of nitrogens with zero attached hydrogens (tertiary/aromatic N) is 1. The molecule has 1 nitrogen and oxygen atoms in total. The lowest BCUT2D eigenvalue weighted by molar-refractivity contribution is 1.18. The Hall–Kier alpha value is -4.88. The van der Waals surface area contributed by atoms with E-state index in [1.54, 1.807) is 0 Å². The fourth-order valence-electron chi connectivity index (χ4n) is 5.58. The van der Waals surface area contributed by atoms with Gasteiger partial charge < -0.3 is 4.57 Å². The molecular formula is C37H27N. The Morgan fingerprint density at radius 3 is 1.34 bits per heavy atom. The number of para-hydroxylation sites is 2. The van der Waals surface area contributed by atoms with Gasteiger partial charge in [-0.15, -0.1) is 0 Å². The second-order valence-electron chi connectivity index (χ2n) is 9.95. The highest BCUT2D eigenvalue weighted by Gasteiger charge is 2.11. The third-order valence-electron chi connectivity index (χ3n) is 7.45. The third kappa shape index (κ3) is 3.90. The van der Waals surface area contributed by atoms with E-state index in [0.29, 0.717) is 0 Å². The Morgan fingerprint density at radius 1 is 0.368 bits per heavy atom. The van der Waals surface area contributed by atoms with Crippen LogP contribution in [0.5, 0.6) is 0 Å². The van der Waals surface area contributed by atoms with Crippen LogP contribution in [0.25, 0.3) is 60.9 Å².